The molecule has 1 saturated heterocycles. The first-order valence-corrected chi connectivity index (χ1v) is 10.2. The van der Waals surface area contributed by atoms with E-state index < -0.39 is 16.1 Å². The van der Waals surface area contributed by atoms with Crippen LogP contribution in [0.3, 0.4) is 0 Å². The summed E-state index contributed by atoms with van der Waals surface area (Å²) in [4.78, 5) is 12.3. The van der Waals surface area contributed by atoms with Crippen molar-refractivity contribution in [3.8, 4) is 0 Å². The number of piperidine rings is 1. The zero-order chi connectivity index (χ0) is 18.4. The van der Waals surface area contributed by atoms with Crippen LogP contribution in [0.2, 0.25) is 0 Å². The Hall–Kier alpha value is -2.38. The predicted molar refractivity (Wildman–Crippen MR) is 101 cm³/mol. The van der Waals surface area contributed by atoms with Gasteiger partial charge in [-0.25, -0.2) is 13.2 Å². The van der Waals surface area contributed by atoms with Crippen LogP contribution in [-0.4, -0.2) is 31.8 Å². The number of nitrogens with zero attached hydrogens (tertiary/aromatic N) is 1. The van der Waals surface area contributed by atoms with Gasteiger partial charge in [0.15, 0.2) is 0 Å². The molecule has 0 bridgehead atoms. The van der Waals surface area contributed by atoms with Crippen LogP contribution >= 0.6 is 0 Å². The van der Waals surface area contributed by atoms with Gasteiger partial charge in [0.1, 0.15) is 4.90 Å². The number of anilines is 1. The van der Waals surface area contributed by atoms with E-state index >= 15 is 0 Å². The number of amides is 2. The van der Waals surface area contributed by atoms with Gasteiger partial charge in [0.2, 0.25) is 10.0 Å². The van der Waals surface area contributed by atoms with Crippen molar-refractivity contribution in [2.75, 3.05) is 18.4 Å². The minimum absolute atomic E-state index is 0.136. The molecule has 0 radical (unpaired) electrons. The maximum atomic E-state index is 12.9. The third-order valence-corrected chi connectivity index (χ3v) is 6.32. The molecule has 6 nitrogen and oxygen atoms in total. The van der Waals surface area contributed by atoms with E-state index in [-0.39, 0.29) is 4.90 Å². The number of hydrogen-bond donors (Lipinski definition) is 2. The molecule has 138 valence electrons. The van der Waals surface area contributed by atoms with E-state index in [1.165, 1.54) is 10.4 Å². The van der Waals surface area contributed by atoms with Gasteiger partial charge in [-0.2, -0.15) is 4.31 Å². The molecule has 26 heavy (non-hydrogen) atoms. The molecule has 1 aliphatic rings. The minimum Gasteiger partial charge on any atom is -0.334 e. The van der Waals surface area contributed by atoms with Gasteiger partial charge in [-0.1, -0.05) is 48.9 Å². The zero-order valence-electron chi connectivity index (χ0n) is 14.5. The number of carbonyl (C=O) groups excluding carboxylic acids is 1. The highest BCUT2D eigenvalue weighted by atomic mass is 32.2. The summed E-state index contributed by atoms with van der Waals surface area (Å²) >= 11 is 0. The van der Waals surface area contributed by atoms with E-state index in [0.717, 1.165) is 24.8 Å². The van der Waals surface area contributed by atoms with E-state index in [0.29, 0.717) is 25.3 Å². The molecule has 7 heteroatoms. The van der Waals surface area contributed by atoms with Crippen molar-refractivity contribution in [2.24, 2.45) is 0 Å². The highest BCUT2D eigenvalue weighted by Gasteiger charge is 2.28. The number of urea groups is 1. The average molecular weight is 373 g/mol. The molecule has 0 unspecified atom stereocenters. The van der Waals surface area contributed by atoms with Crippen LogP contribution in [0.4, 0.5) is 10.5 Å². The summed E-state index contributed by atoms with van der Waals surface area (Å²) in [5.74, 6) is 0. The molecule has 2 aromatic rings. The highest BCUT2D eigenvalue weighted by Crippen LogP contribution is 2.26. The Morgan fingerprint density at radius 1 is 0.923 bits per heavy atom. The van der Waals surface area contributed by atoms with E-state index in [4.69, 9.17) is 0 Å². The quantitative estimate of drug-likeness (QED) is 0.845. The van der Waals surface area contributed by atoms with Gasteiger partial charge in [-0.15, -0.1) is 0 Å². The smallest absolute Gasteiger partial charge is 0.319 e. The number of carbonyl (C=O) groups is 1. The van der Waals surface area contributed by atoms with Gasteiger partial charge < -0.3 is 10.6 Å². The highest BCUT2D eigenvalue weighted by molar-refractivity contribution is 7.89. The molecule has 1 aliphatic heterocycles. The summed E-state index contributed by atoms with van der Waals surface area (Å²) in [5, 5.41) is 5.42. The standard InChI is InChI=1S/C19H23N3O3S/c23-19(20-15-16-9-3-1-4-10-16)21-17-11-5-6-12-18(17)26(24,25)22-13-7-2-8-14-22/h1,3-6,9-12H,2,7-8,13-15H2,(H2,20,21,23). The predicted octanol–water partition coefficient (Wildman–Crippen LogP) is 3.18. The van der Waals surface area contributed by atoms with Gasteiger partial charge in [0, 0.05) is 19.6 Å². The van der Waals surface area contributed by atoms with Crippen LogP contribution in [0, 0.1) is 0 Å². The lowest BCUT2D eigenvalue weighted by atomic mass is 10.2. The van der Waals surface area contributed by atoms with Gasteiger partial charge in [0.05, 0.1) is 5.69 Å². The van der Waals surface area contributed by atoms with Crippen molar-refractivity contribution in [2.45, 2.75) is 30.7 Å². The van der Waals surface area contributed by atoms with E-state index in [1.807, 2.05) is 30.3 Å². The first-order chi connectivity index (χ1) is 12.6. The normalized spacial score (nSPS) is 15.4. The van der Waals surface area contributed by atoms with Gasteiger partial charge >= 0.3 is 6.03 Å². The summed E-state index contributed by atoms with van der Waals surface area (Å²) in [6.45, 7) is 1.42. The van der Waals surface area contributed by atoms with E-state index in [2.05, 4.69) is 10.6 Å². The molecule has 1 heterocycles. The lowest BCUT2D eigenvalue weighted by molar-refractivity contribution is 0.251. The van der Waals surface area contributed by atoms with Gasteiger partial charge in [-0.05, 0) is 30.5 Å². The van der Waals surface area contributed by atoms with Crippen LogP contribution < -0.4 is 10.6 Å². The summed E-state index contributed by atoms with van der Waals surface area (Å²) in [7, 11) is -3.61. The number of nitrogens with one attached hydrogen (secondary N) is 2. The third-order valence-electron chi connectivity index (χ3n) is 4.36. The number of benzene rings is 2. The van der Waals surface area contributed by atoms with Crippen LogP contribution in [-0.2, 0) is 16.6 Å². The Morgan fingerprint density at radius 2 is 1.58 bits per heavy atom. The van der Waals surface area contributed by atoms with Gasteiger partial charge in [0.25, 0.3) is 0 Å². The number of sulfonamides is 1. The SMILES string of the molecule is O=C(NCc1ccccc1)Nc1ccccc1S(=O)(=O)N1CCCCC1. The van der Waals surface area contributed by atoms with Crippen LogP contribution in [0.25, 0.3) is 0 Å². The molecule has 0 aromatic heterocycles. The zero-order valence-corrected chi connectivity index (χ0v) is 15.3. The molecule has 2 aromatic carbocycles. The van der Waals surface area contributed by atoms with Crippen molar-refractivity contribution in [1.82, 2.24) is 9.62 Å². The topological polar surface area (TPSA) is 78.5 Å². The third kappa shape index (κ3) is 4.42. The van der Waals surface area contributed by atoms with Gasteiger partial charge in [-0.3, -0.25) is 0 Å². The van der Waals surface area contributed by atoms with E-state index in [1.54, 1.807) is 18.2 Å². The summed E-state index contributed by atoms with van der Waals surface area (Å²) < 4.78 is 27.3. The number of para-hydroxylation sites is 1. The molecule has 1 fully saturated rings. The van der Waals surface area contributed by atoms with Crippen LogP contribution in [0.1, 0.15) is 24.8 Å². The fourth-order valence-corrected chi connectivity index (χ4v) is 4.65. The van der Waals surface area contributed by atoms with Crippen molar-refractivity contribution in [1.29, 1.82) is 0 Å². The molecule has 0 saturated carbocycles. The molecule has 2 N–H and O–H groups in total. The van der Waals surface area contributed by atoms with E-state index in [9.17, 15) is 13.2 Å². The van der Waals surface area contributed by atoms with Crippen LogP contribution in [0.5, 0.6) is 0 Å². The molecule has 2 amide bonds. The Bertz CT molecular complexity index is 847. The summed E-state index contributed by atoms with van der Waals surface area (Å²) in [6.07, 6.45) is 2.78. The van der Waals surface area contributed by atoms with Crippen molar-refractivity contribution in [3.05, 3.63) is 60.2 Å². The Balaban J connectivity index is 1.71. The second-order valence-corrected chi connectivity index (χ2v) is 8.16. The first-order valence-electron chi connectivity index (χ1n) is 8.75. The summed E-state index contributed by atoms with van der Waals surface area (Å²) in [6, 6.07) is 15.6. The van der Waals surface area contributed by atoms with Crippen LogP contribution in [0.15, 0.2) is 59.5 Å². The number of rotatable bonds is 5. The van der Waals surface area contributed by atoms with Crippen molar-refractivity contribution >= 4 is 21.7 Å². The maximum Gasteiger partial charge on any atom is 0.319 e. The first kappa shape index (κ1) is 18.4. The average Bonchev–Trinajstić information content (AvgIpc) is 2.68. The molecule has 0 aliphatic carbocycles. The lowest BCUT2D eigenvalue weighted by Gasteiger charge is -2.26. The lowest BCUT2D eigenvalue weighted by Crippen LogP contribution is -2.36. The fraction of sp³-hybridized carbons (Fsp3) is 0.316. The maximum absolute atomic E-state index is 12.9. The Kier molecular flexibility index (Phi) is 5.90. The Labute approximate surface area is 154 Å². The summed E-state index contributed by atoms with van der Waals surface area (Å²) in [5.41, 5.74) is 1.26. The van der Waals surface area contributed by atoms with Crippen molar-refractivity contribution < 1.29 is 13.2 Å². The molecular formula is C19H23N3O3S. The molecule has 3 rings (SSSR count). The second kappa shape index (κ2) is 8.33. The fourth-order valence-electron chi connectivity index (χ4n) is 2.98. The number of hydrogen-bond acceptors (Lipinski definition) is 3. The Morgan fingerprint density at radius 3 is 2.31 bits per heavy atom. The molecular weight excluding hydrogens is 350 g/mol. The van der Waals surface area contributed by atoms with Crippen molar-refractivity contribution in [3.63, 3.8) is 0 Å². The largest absolute Gasteiger partial charge is 0.334 e. The molecule has 0 spiro atoms. The second-order valence-electron chi connectivity index (χ2n) is 6.25. The minimum atomic E-state index is -3.61. The molecule has 0 atom stereocenters. The monoisotopic (exact) mass is 373 g/mol.